The van der Waals surface area contributed by atoms with Crippen LogP contribution in [-0.4, -0.2) is 28.6 Å². The van der Waals surface area contributed by atoms with Gasteiger partial charge >= 0.3 is 0 Å². The minimum atomic E-state index is -1.57. The molecule has 0 saturated carbocycles. The van der Waals surface area contributed by atoms with E-state index < -0.39 is 11.0 Å². The zero-order valence-electron chi connectivity index (χ0n) is 19.1. The van der Waals surface area contributed by atoms with Gasteiger partial charge in [0.1, 0.15) is 17.8 Å². The number of rotatable bonds is 7. The molecule has 5 rings (SSSR count). The number of anilines is 1. The van der Waals surface area contributed by atoms with Crippen molar-refractivity contribution in [1.29, 1.82) is 0 Å². The first-order valence-corrected chi connectivity index (χ1v) is 12.2. The van der Waals surface area contributed by atoms with Crippen LogP contribution < -0.4 is 14.2 Å². The minimum absolute atomic E-state index is 0.361. The molecule has 0 bridgehead atoms. The molecule has 5 aromatic rings. The Kier molecular flexibility index (Phi) is 6.58. The van der Waals surface area contributed by atoms with Gasteiger partial charge in [0.05, 0.1) is 24.7 Å². The van der Waals surface area contributed by atoms with E-state index in [-0.39, 0.29) is 5.82 Å². The third-order valence-electron chi connectivity index (χ3n) is 5.56. The maximum Gasteiger partial charge on any atom is 0.221 e. The van der Waals surface area contributed by atoms with E-state index in [4.69, 9.17) is 25.6 Å². The topological polar surface area (TPSA) is 86.5 Å². The van der Waals surface area contributed by atoms with Crippen LogP contribution in [0.3, 0.4) is 0 Å². The fourth-order valence-electron chi connectivity index (χ4n) is 3.93. The van der Waals surface area contributed by atoms with Crippen molar-refractivity contribution < 1.29 is 22.6 Å². The molecule has 3 aromatic carbocycles. The number of nitrogens with zero attached hydrogens (tertiary/aromatic N) is 2. The lowest BCUT2D eigenvalue weighted by atomic mass is 9.96. The number of pyridine rings is 1. The summed E-state index contributed by atoms with van der Waals surface area (Å²) >= 11 is 6.67. The smallest absolute Gasteiger partial charge is 0.221 e. The second-order valence-corrected chi connectivity index (χ2v) is 9.31. The van der Waals surface area contributed by atoms with Gasteiger partial charge in [-0.2, -0.15) is 0 Å². The van der Waals surface area contributed by atoms with Crippen molar-refractivity contribution in [2.24, 2.45) is 0 Å². The molecule has 10 heteroatoms. The molecular formula is C26H19ClFN3O4S. The summed E-state index contributed by atoms with van der Waals surface area (Å²) in [5, 5.41) is 5.65. The average molecular weight is 524 g/mol. The molecule has 1 atom stereocenters. The van der Waals surface area contributed by atoms with Gasteiger partial charge in [-0.1, -0.05) is 35.0 Å². The molecule has 0 radical (unpaired) electrons. The summed E-state index contributed by atoms with van der Waals surface area (Å²) in [6, 6.07) is 16.6. The van der Waals surface area contributed by atoms with E-state index in [1.807, 2.05) is 6.07 Å². The van der Waals surface area contributed by atoms with Crippen molar-refractivity contribution in [3.8, 4) is 33.9 Å². The lowest BCUT2D eigenvalue weighted by molar-refractivity contribution is 0.398. The molecule has 0 amide bonds. The highest BCUT2D eigenvalue weighted by Gasteiger charge is 2.20. The molecule has 0 saturated heterocycles. The van der Waals surface area contributed by atoms with Crippen LogP contribution >= 0.6 is 11.6 Å². The van der Waals surface area contributed by atoms with Crippen molar-refractivity contribution in [2.45, 2.75) is 4.90 Å². The van der Waals surface area contributed by atoms with Crippen molar-refractivity contribution >= 4 is 39.2 Å². The Balaban J connectivity index is 1.64. The zero-order chi connectivity index (χ0) is 25.2. The Morgan fingerprint density at radius 1 is 1.03 bits per heavy atom. The Morgan fingerprint density at radius 2 is 1.89 bits per heavy atom. The van der Waals surface area contributed by atoms with Gasteiger partial charge in [0.25, 0.3) is 0 Å². The number of fused-ring (bicyclic) bond motifs is 1. The van der Waals surface area contributed by atoms with Crippen LogP contribution in [0.2, 0.25) is 5.02 Å². The molecule has 0 fully saturated rings. The lowest BCUT2D eigenvalue weighted by Crippen LogP contribution is -2.05. The van der Waals surface area contributed by atoms with Gasteiger partial charge in [-0.3, -0.25) is 4.72 Å². The van der Waals surface area contributed by atoms with Gasteiger partial charge in [0.15, 0.2) is 16.8 Å². The van der Waals surface area contributed by atoms with Crippen molar-refractivity contribution in [1.82, 2.24) is 10.1 Å². The monoisotopic (exact) mass is 523 g/mol. The highest BCUT2D eigenvalue weighted by molar-refractivity contribution is 7.86. The van der Waals surface area contributed by atoms with Gasteiger partial charge in [-0.25, -0.2) is 13.6 Å². The normalized spacial score (nSPS) is 11.9. The second kappa shape index (κ2) is 9.96. The summed E-state index contributed by atoms with van der Waals surface area (Å²) in [6.45, 7) is 0. The van der Waals surface area contributed by atoms with E-state index in [1.165, 1.54) is 25.5 Å². The van der Waals surface area contributed by atoms with Crippen LogP contribution in [0.1, 0.15) is 0 Å². The standard InChI is InChI=1S/C26H19ClFN3O4S/c1-33-23-13-20(15-4-3-5-17(28)10-15)22(27)12-21(23)25-19-7-6-18(11-16(19)14-29-26(25)34-2)36(32)31-24-8-9-35-30-24/h3-14H,1-2H3,(H,30,31). The van der Waals surface area contributed by atoms with E-state index in [0.717, 1.165) is 10.8 Å². The van der Waals surface area contributed by atoms with Crippen LogP contribution in [0, 0.1) is 5.82 Å². The predicted octanol–water partition coefficient (Wildman–Crippen LogP) is 6.50. The van der Waals surface area contributed by atoms with Crippen LogP contribution in [-0.2, 0) is 11.0 Å². The number of hydrogen-bond acceptors (Lipinski definition) is 6. The van der Waals surface area contributed by atoms with Gasteiger partial charge in [0.2, 0.25) is 5.88 Å². The van der Waals surface area contributed by atoms with Gasteiger partial charge < -0.3 is 14.0 Å². The SMILES string of the molecule is COc1cc(-c2cccc(F)c2)c(Cl)cc1-c1c(OC)ncc2cc(S(=O)Nc3ccon3)ccc12. The molecule has 0 aliphatic heterocycles. The lowest BCUT2D eigenvalue weighted by Gasteiger charge is -2.17. The summed E-state index contributed by atoms with van der Waals surface area (Å²) in [5.41, 5.74) is 2.55. The molecule has 0 aliphatic carbocycles. The molecule has 2 aromatic heterocycles. The highest BCUT2D eigenvalue weighted by atomic mass is 35.5. The van der Waals surface area contributed by atoms with E-state index >= 15 is 0 Å². The van der Waals surface area contributed by atoms with E-state index in [1.54, 1.807) is 55.8 Å². The van der Waals surface area contributed by atoms with Crippen molar-refractivity contribution in [3.63, 3.8) is 0 Å². The average Bonchev–Trinajstić information content (AvgIpc) is 3.40. The first-order chi connectivity index (χ1) is 17.5. The Morgan fingerprint density at radius 3 is 2.61 bits per heavy atom. The summed E-state index contributed by atoms with van der Waals surface area (Å²) in [6.07, 6.45) is 3.03. The molecule has 36 heavy (non-hydrogen) atoms. The molecule has 0 aliphatic rings. The summed E-state index contributed by atoms with van der Waals surface area (Å²) < 4.78 is 45.5. The van der Waals surface area contributed by atoms with E-state index in [9.17, 15) is 8.60 Å². The van der Waals surface area contributed by atoms with Crippen LogP contribution in [0.15, 0.2) is 82.5 Å². The third kappa shape index (κ3) is 4.50. The molecule has 1 unspecified atom stereocenters. The summed E-state index contributed by atoms with van der Waals surface area (Å²) in [7, 11) is 1.50. The van der Waals surface area contributed by atoms with E-state index in [2.05, 4.69) is 14.9 Å². The number of aromatic nitrogens is 2. The zero-order valence-corrected chi connectivity index (χ0v) is 20.7. The van der Waals surface area contributed by atoms with Crippen molar-refractivity contribution in [2.75, 3.05) is 18.9 Å². The van der Waals surface area contributed by atoms with E-state index in [0.29, 0.717) is 49.6 Å². The molecule has 2 heterocycles. The van der Waals surface area contributed by atoms with Gasteiger partial charge in [-0.05, 0) is 47.3 Å². The quantitative estimate of drug-likeness (QED) is 0.262. The highest BCUT2D eigenvalue weighted by Crippen LogP contribution is 2.44. The summed E-state index contributed by atoms with van der Waals surface area (Å²) in [4.78, 5) is 4.98. The summed E-state index contributed by atoms with van der Waals surface area (Å²) in [5.74, 6) is 0.870. The van der Waals surface area contributed by atoms with Crippen LogP contribution in [0.25, 0.3) is 33.0 Å². The Bertz CT molecular complexity index is 1590. The number of nitrogens with one attached hydrogen (secondary N) is 1. The fourth-order valence-corrected chi connectivity index (χ4v) is 5.04. The molecule has 7 nitrogen and oxygen atoms in total. The number of ether oxygens (including phenoxy) is 2. The predicted molar refractivity (Wildman–Crippen MR) is 137 cm³/mol. The van der Waals surface area contributed by atoms with Crippen LogP contribution in [0.4, 0.5) is 10.2 Å². The Hall–Kier alpha value is -3.95. The molecule has 182 valence electrons. The number of methoxy groups -OCH3 is 2. The maximum atomic E-state index is 13.8. The van der Waals surface area contributed by atoms with Crippen LogP contribution in [0.5, 0.6) is 11.6 Å². The second-order valence-electron chi connectivity index (χ2n) is 7.69. The minimum Gasteiger partial charge on any atom is -0.496 e. The number of halogens is 2. The first kappa shape index (κ1) is 23.8. The maximum absolute atomic E-state index is 13.8. The molecule has 0 spiro atoms. The third-order valence-corrected chi connectivity index (χ3v) is 6.95. The van der Waals surface area contributed by atoms with Gasteiger partial charge in [-0.15, -0.1) is 0 Å². The largest absolute Gasteiger partial charge is 0.496 e. The van der Waals surface area contributed by atoms with Gasteiger partial charge in [0, 0.05) is 33.8 Å². The molecular weight excluding hydrogens is 505 g/mol. The Labute approximate surface area is 213 Å². The molecule has 1 N–H and O–H groups in total. The fraction of sp³-hybridized carbons (Fsp3) is 0.0769. The number of benzene rings is 3. The first-order valence-electron chi connectivity index (χ1n) is 10.7. The van der Waals surface area contributed by atoms with Crippen molar-refractivity contribution in [3.05, 3.63) is 84.0 Å². The number of hydrogen-bond donors (Lipinski definition) is 1.